The summed E-state index contributed by atoms with van der Waals surface area (Å²) in [5.41, 5.74) is 1.16. The number of carbonyl (C=O) groups excluding carboxylic acids is 2. The predicted octanol–water partition coefficient (Wildman–Crippen LogP) is 2.29. The first kappa shape index (κ1) is 17.2. The number of esters is 1. The zero-order chi connectivity index (χ0) is 15.9. The molecule has 5 nitrogen and oxygen atoms in total. The fourth-order valence-electron chi connectivity index (χ4n) is 1.87. The average Bonchev–Trinajstić information content (AvgIpc) is 2.47. The zero-order valence-electron chi connectivity index (χ0n) is 13.3. The highest BCUT2D eigenvalue weighted by molar-refractivity contribution is 5.92. The van der Waals surface area contributed by atoms with Crippen LogP contribution in [-0.2, 0) is 9.53 Å². The van der Waals surface area contributed by atoms with Gasteiger partial charge in [0.2, 0.25) is 5.91 Å². The first-order valence-electron chi connectivity index (χ1n) is 7.28. The fraction of sp³-hybridized carbons (Fsp3) is 0.500. The number of ether oxygens (including phenoxy) is 1. The molecule has 0 aliphatic carbocycles. The summed E-state index contributed by atoms with van der Waals surface area (Å²) in [4.78, 5) is 22.8. The molecule has 1 amide bonds. The maximum absolute atomic E-state index is 11.9. The minimum Gasteiger partial charge on any atom is -0.456 e. The van der Waals surface area contributed by atoms with Crippen LogP contribution in [-0.4, -0.2) is 49.6 Å². The zero-order valence-corrected chi connectivity index (χ0v) is 13.3. The van der Waals surface area contributed by atoms with Crippen molar-refractivity contribution in [3.8, 4) is 0 Å². The molecule has 1 aromatic rings. The van der Waals surface area contributed by atoms with Crippen LogP contribution in [0.15, 0.2) is 24.3 Å². The van der Waals surface area contributed by atoms with Crippen LogP contribution < -0.4 is 5.32 Å². The molecule has 0 aromatic heterocycles. The van der Waals surface area contributed by atoms with E-state index in [1.54, 1.807) is 24.3 Å². The second-order valence-corrected chi connectivity index (χ2v) is 5.37. The fourth-order valence-corrected chi connectivity index (χ4v) is 1.87. The van der Waals surface area contributed by atoms with Crippen molar-refractivity contribution in [1.82, 2.24) is 0 Å². The van der Waals surface area contributed by atoms with Gasteiger partial charge in [0.1, 0.15) is 13.2 Å². The molecule has 5 heteroatoms. The maximum atomic E-state index is 11.9. The van der Waals surface area contributed by atoms with Gasteiger partial charge in [-0.3, -0.25) is 4.79 Å². The van der Waals surface area contributed by atoms with E-state index in [-0.39, 0.29) is 11.9 Å². The van der Waals surface area contributed by atoms with Gasteiger partial charge < -0.3 is 14.5 Å². The Hall–Kier alpha value is -1.88. The molecule has 0 fully saturated rings. The molecular weight excluding hydrogens is 268 g/mol. The van der Waals surface area contributed by atoms with Crippen molar-refractivity contribution in [3.63, 3.8) is 0 Å². The van der Waals surface area contributed by atoms with Crippen LogP contribution in [0, 0.1) is 0 Å². The third kappa shape index (κ3) is 5.55. The first-order chi connectivity index (χ1) is 9.90. The summed E-state index contributed by atoms with van der Waals surface area (Å²) in [5.74, 6) is -0.468. The standard InChI is InChI=1S/C16H24N2O3/c1-5-18(4,6-2)11-12-21-16(20)14-7-9-15(10-8-14)17-13(3)19/h7-10H,5-6,11-12H2,1-4H3/p+1. The minimum atomic E-state index is -0.330. The monoisotopic (exact) mass is 293 g/mol. The minimum absolute atomic E-state index is 0.137. The van der Waals surface area contributed by atoms with E-state index in [4.69, 9.17) is 4.74 Å². The molecule has 0 aliphatic rings. The highest BCUT2D eigenvalue weighted by Gasteiger charge is 2.17. The Morgan fingerprint density at radius 2 is 1.71 bits per heavy atom. The Bertz CT molecular complexity index is 479. The van der Waals surface area contributed by atoms with E-state index >= 15 is 0 Å². The van der Waals surface area contributed by atoms with Crippen molar-refractivity contribution in [2.75, 3.05) is 38.6 Å². The maximum Gasteiger partial charge on any atom is 0.338 e. The van der Waals surface area contributed by atoms with Crippen LogP contribution in [0.4, 0.5) is 5.69 Å². The van der Waals surface area contributed by atoms with E-state index in [9.17, 15) is 9.59 Å². The lowest BCUT2D eigenvalue weighted by Gasteiger charge is -2.31. The van der Waals surface area contributed by atoms with Crippen molar-refractivity contribution >= 4 is 17.6 Å². The largest absolute Gasteiger partial charge is 0.456 e. The Labute approximate surface area is 126 Å². The second kappa shape index (κ2) is 7.78. The number of nitrogens with one attached hydrogen (secondary N) is 1. The number of anilines is 1. The van der Waals surface area contributed by atoms with Crippen molar-refractivity contribution < 1.29 is 18.8 Å². The van der Waals surface area contributed by atoms with E-state index in [0.717, 1.165) is 24.1 Å². The van der Waals surface area contributed by atoms with Gasteiger partial charge >= 0.3 is 5.97 Å². The van der Waals surface area contributed by atoms with Crippen molar-refractivity contribution in [1.29, 1.82) is 0 Å². The predicted molar refractivity (Wildman–Crippen MR) is 83.2 cm³/mol. The highest BCUT2D eigenvalue weighted by Crippen LogP contribution is 2.11. The van der Waals surface area contributed by atoms with Crippen LogP contribution in [0.5, 0.6) is 0 Å². The molecule has 0 radical (unpaired) electrons. The van der Waals surface area contributed by atoms with Crippen molar-refractivity contribution in [3.05, 3.63) is 29.8 Å². The van der Waals surface area contributed by atoms with Gasteiger partial charge in [0, 0.05) is 12.6 Å². The summed E-state index contributed by atoms with van der Waals surface area (Å²) < 4.78 is 6.19. The molecule has 0 saturated carbocycles. The summed E-state index contributed by atoms with van der Waals surface area (Å²) in [7, 11) is 2.15. The first-order valence-corrected chi connectivity index (χ1v) is 7.28. The quantitative estimate of drug-likeness (QED) is 0.620. The normalized spacial score (nSPS) is 11.0. The third-order valence-electron chi connectivity index (χ3n) is 3.83. The molecule has 0 spiro atoms. The molecule has 1 N–H and O–H groups in total. The van der Waals surface area contributed by atoms with Crippen LogP contribution in [0.3, 0.4) is 0 Å². The number of likely N-dealkylation sites (N-methyl/N-ethyl adjacent to an activating group) is 1. The van der Waals surface area contributed by atoms with E-state index in [1.807, 2.05) is 0 Å². The second-order valence-electron chi connectivity index (χ2n) is 5.37. The Kier molecular flexibility index (Phi) is 6.37. The number of benzene rings is 1. The molecule has 0 bridgehead atoms. The molecule has 0 aliphatic heterocycles. The summed E-state index contributed by atoms with van der Waals surface area (Å²) in [6.45, 7) is 8.95. The molecule has 21 heavy (non-hydrogen) atoms. The summed E-state index contributed by atoms with van der Waals surface area (Å²) in [6.07, 6.45) is 0. The van der Waals surface area contributed by atoms with Crippen molar-refractivity contribution in [2.24, 2.45) is 0 Å². The number of hydrogen-bond donors (Lipinski definition) is 1. The number of hydrogen-bond acceptors (Lipinski definition) is 3. The lowest BCUT2D eigenvalue weighted by Crippen LogP contribution is -2.46. The molecule has 0 atom stereocenters. The van der Waals surface area contributed by atoms with Gasteiger partial charge in [-0.1, -0.05) is 0 Å². The molecule has 1 rings (SSSR count). The summed E-state index contributed by atoms with van der Waals surface area (Å²) in [6, 6.07) is 6.69. The van der Waals surface area contributed by atoms with Gasteiger partial charge in [0.05, 0.1) is 25.7 Å². The lowest BCUT2D eigenvalue weighted by molar-refractivity contribution is -0.906. The van der Waals surface area contributed by atoms with Crippen molar-refractivity contribution in [2.45, 2.75) is 20.8 Å². The Morgan fingerprint density at radius 3 is 2.19 bits per heavy atom. The van der Waals surface area contributed by atoms with E-state index < -0.39 is 0 Å². The molecule has 0 heterocycles. The van der Waals surface area contributed by atoms with Gasteiger partial charge in [0.25, 0.3) is 0 Å². The van der Waals surface area contributed by atoms with Crippen LogP contribution in [0.2, 0.25) is 0 Å². The van der Waals surface area contributed by atoms with Crippen LogP contribution in [0.25, 0.3) is 0 Å². The number of quaternary nitrogens is 1. The average molecular weight is 293 g/mol. The molecule has 116 valence electrons. The van der Waals surface area contributed by atoms with Gasteiger partial charge in [-0.2, -0.15) is 0 Å². The Morgan fingerprint density at radius 1 is 1.14 bits per heavy atom. The Balaban J connectivity index is 2.50. The third-order valence-corrected chi connectivity index (χ3v) is 3.83. The van der Waals surface area contributed by atoms with Gasteiger partial charge in [-0.15, -0.1) is 0 Å². The topological polar surface area (TPSA) is 55.4 Å². The number of amides is 1. The summed E-state index contributed by atoms with van der Waals surface area (Å²) in [5, 5.41) is 2.66. The molecule has 0 unspecified atom stereocenters. The van der Waals surface area contributed by atoms with Gasteiger partial charge in [0.15, 0.2) is 0 Å². The van der Waals surface area contributed by atoms with Gasteiger partial charge in [-0.05, 0) is 38.1 Å². The SMILES string of the molecule is CC[N+](C)(CC)CCOC(=O)c1ccc(NC(C)=O)cc1. The van der Waals surface area contributed by atoms with Crippen LogP contribution in [0.1, 0.15) is 31.1 Å². The molecule has 0 saturated heterocycles. The van der Waals surface area contributed by atoms with Crippen LogP contribution >= 0.6 is 0 Å². The van der Waals surface area contributed by atoms with E-state index in [1.165, 1.54) is 6.92 Å². The molecule has 1 aromatic carbocycles. The molecular formula is C16H25N2O3+. The summed E-state index contributed by atoms with van der Waals surface area (Å²) >= 11 is 0. The number of carbonyl (C=O) groups is 2. The number of rotatable bonds is 7. The highest BCUT2D eigenvalue weighted by atomic mass is 16.5. The van der Waals surface area contributed by atoms with Gasteiger partial charge in [-0.25, -0.2) is 4.79 Å². The smallest absolute Gasteiger partial charge is 0.338 e. The lowest BCUT2D eigenvalue weighted by atomic mass is 10.2. The van der Waals surface area contributed by atoms with E-state index in [2.05, 4.69) is 26.2 Å². The van der Waals surface area contributed by atoms with E-state index in [0.29, 0.717) is 17.9 Å². The number of nitrogens with zero attached hydrogens (tertiary/aromatic N) is 1.